The number of hydrogen-bond donors (Lipinski definition) is 1. The standard InChI is InChI=1S/C15H22N2/c1-16-11-15(8-9-15)12-17-10-4-6-13-5-2-3-7-14(13)17/h2-3,5,7,16H,4,6,8-12H2,1H3. The number of fused-ring (bicyclic) bond motifs is 1. The Labute approximate surface area is 104 Å². The summed E-state index contributed by atoms with van der Waals surface area (Å²) in [6, 6.07) is 8.93. The molecule has 2 nitrogen and oxygen atoms in total. The molecule has 1 aromatic rings. The van der Waals surface area contributed by atoms with Gasteiger partial charge in [-0.3, -0.25) is 0 Å². The molecule has 2 heteroatoms. The van der Waals surface area contributed by atoms with E-state index in [0.717, 1.165) is 0 Å². The maximum Gasteiger partial charge on any atom is 0.0398 e. The quantitative estimate of drug-likeness (QED) is 0.854. The van der Waals surface area contributed by atoms with Gasteiger partial charge in [0.2, 0.25) is 0 Å². The van der Waals surface area contributed by atoms with Crippen LogP contribution in [0.15, 0.2) is 24.3 Å². The molecule has 1 aliphatic heterocycles. The lowest BCUT2D eigenvalue weighted by Crippen LogP contribution is -2.38. The van der Waals surface area contributed by atoms with Crippen molar-refractivity contribution in [2.75, 3.05) is 31.6 Å². The highest BCUT2D eigenvalue weighted by atomic mass is 15.2. The third-order valence-electron chi connectivity index (χ3n) is 4.24. The normalized spacial score (nSPS) is 21.1. The molecule has 1 aliphatic carbocycles. The molecule has 0 saturated heterocycles. The molecule has 1 fully saturated rings. The topological polar surface area (TPSA) is 15.3 Å². The number of nitrogens with one attached hydrogen (secondary N) is 1. The zero-order valence-electron chi connectivity index (χ0n) is 10.7. The van der Waals surface area contributed by atoms with Gasteiger partial charge in [0, 0.05) is 30.7 Å². The molecule has 2 aliphatic rings. The minimum Gasteiger partial charge on any atom is -0.371 e. The fraction of sp³-hybridized carbons (Fsp3) is 0.600. The van der Waals surface area contributed by atoms with Gasteiger partial charge in [-0.1, -0.05) is 18.2 Å². The maximum absolute atomic E-state index is 3.36. The first kappa shape index (κ1) is 11.1. The molecule has 0 spiro atoms. The largest absolute Gasteiger partial charge is 0.371 e. The second kappa shape index (κ2) is 4.34. The molecule has 0 atom stereocenters. The molecule has 92 valence electrons. The average Bonchev–Trinajstić information content (AvgIpc) is 3.10. The van der Waals surface area contributed by atoms with Crippen LogP contribution in [0.2, 0.25) is 0 Å². The number of hydrogen-bond acceptors (Lipinski definition) is 2. The van der Waals surface area contributed by atoms with Crippen molar-refractivity contribution < 1.29 is 0 Å². The van der Waals surface area contributed by atoms with Gasteiger partial charge in [-0.15, -0.1) is 0 Å². The second-order valence-electron chi connectivity index (χ2n) is 5.68. The summed E-state index contributed by atoms with van der Waals surface area (Å²) in [4.78, 5) is 2.61. The molecule has 0 aromatic heterocycles. The first-order valence-corrected chi connectivity index (χ1v) is 6.80. The monoisotopic (exact) mass is 230 g/mol. The van der Waals surface area contributed by atoms with Crippen LogP contribution in [0.4, 0.5) is 5.69 Å². The molecule has 0 radical (unpaired) electrons. The van der Waals surface area contributed by atoms with E-state index in [4.69, 9.17) is 0 Å². The van der Waals surface area contributed by atoms with Gasteiger partial charge in [0.15, 0.2) is 0 Å². The molecule has 1 heterocycles. The fourth-order valence-corrected chi connectivity index (χ4v) is 3.12. The lowest BCUT2D eigenvalue weighted by Gasteiger charge is -2.34. The van der Waals surface area contributed by atoms with Gasteiger partial charge in [-0.2, -0.15) is 0 Å². The molecule has 0 unspecified atom stereocenters. The zero-order chi connectivity index (χ0) is 11.7. The van der Waals surface area contributed by atoms with Crippen molar-refractivity contribution in [1.29, 1.82) is 0 Å². The minimum absolute atomic E-state index is 0.569. The molecular formula is C15H22N2. The predicted octanol–water partition coefficient (Wildman–Crippen LogP) is 2.44. The highest BCUT2D eigenvalue weighted by Crippen LogP contribution is 2.46. The Balaban J connectivity index is 1.77. The summed E-state index contributed by atoms with van der Waals surface area (Å²) < 4.78 is 0. The number of aryl methyl sites for hydroxylation is 1. The molecular weight excluding hydrogens is 208 g/mol. The Morgan fingerprint density at radius 2 is 2.12 bits per heavy atom. The van der Waals surface area contributed by atoms with E-state index in [1.807, 2.05) is 0 Å². The van der Waals surface area contributed by atoms with E-state index in [1.54, 1.807) is 5.56 Å². The van der Waals surface area contributed by atoms with Gasteiger partial charge in [-0.05, 0) is 44.4 Å². The highest BCUT2D eigenvalue weighted by molar-refractivity contribution is 5.55. The number of nitrogens with zero attached hydrogens (tertiary/aromatic N) is 1. The number of para-hydroxylation sites is 1. The molecule has 1 aromatic carbocycles. The Kier molecular flexibility index (Phi) is 2.83. The zero-order valence-corrected chi connectivity index (χ0v) is 10.7. The fourth-order valence-electron chi connectivity index (χ4n) is 3.12. The van der Waals surface area contributed by atoms with Crippen LogP contribution in [0.1, 0.15) is 24.8 Å². The van der Waals surface area contributed by atoms with Crippen molar-refractivity contribution >= 4 is 5.69 Å². The third kappa shape index (κ3) is 2.19. The summed E-state index contributed by atoms with van der Waals surface area (Å²) in [5, 5.41) is 3.36. The highest BCUT2D eigenvalue weighted by Gasteiger charge is 2.43. The van der Waals surface area contributed by atoms with Crippen LogP contribution >= 0.6 is 0 Å². The van der Waals surface area contributed by atoms with Crippen molar-refractivity contribution in [3.63, 3.8) is 0 Å². The Bertz CT molecular complexity index is 396. The van der Waals surface area contributed by atoms with Crippen LogP contribution in [0, 0.1) is 5.41 Å². The first-order chi connectivity index (χ1) is 8.33. The first-order valence-electron chi connectivity index (χ1n) is 6.80. The van der Waals surface area contributed by atoms with E-state index < -0.39 is 0 Å². The van der Waals surface area contributed by atoms with Crippen LogP contribution in [-0.4, -0.2) is 26.7 Å². The Morgan fingerprint density at radius 3 is 2.88 bits per heavy atom. The van der Waals surface area contributed by atoms with Crippen LogP contribution in [0.25, 0.3) is 0 Å². The molecule has 1 N–H and O–H groups in total. The third-order valence-corrected chi connectivity index (χ3v) is 4.24. The summed E-state index contributed by atoms with van der Waals surface area (Å²) in [6.07, 6.45) is 5.36. The summed E-state index contributed by atoms with van der Waals surface area (Å²) in [6.45, 7) is 3.65. The maximum atomic E-state index is 3.36. The van der Waals surface area contributed by atoms with Gasteiger partial charge >= 0.3 is 0 Å². The van der Waals surface area contributed by atoms with Crippen molar-refractivity contribution in [2.24, 2.45) is 5.41 Å². The summed E-state index contributed by atoms with van der Waals surface area (Å²) in [5.41, 5.74) is 3.60. The van der Waals surface area contributed by atoms with Crippen molar-refractivity contribution in [3.05, 3.63) is 29.8 Å². The van der Waals surface area contributed by atoms with Gasteiger partial charge in [-0.25, -0.2) is 0 Å². The van der Waals surface area contributed by atoms with E-state index in [1.165, 1.54) is 51.0 Å². The van der Waals surface area contributed by atoms with Crippen molar-refractivity contribution in [3.8, 4) is 0 Å². The predicted molar refractivity (Wildman–Crippen MR) is 72.6 cm³/mol. The molecule has 3 rings (SSSR count). The summed E-state index contributed by atoms with van der Waals surface area (Å²) in [5.74, 6) is 0. The van der Waals surface area contributed by atoms with Gasteiger partial charge in [0.05, 0.1) is 0 Å². The van der Waals surface area contributed by atoms with E-state index in [0.29, 0.717) is 5.41 Å². The van der Waals surface area contributed by atoms with Crippen molar-refractivity contribution in [1.82, 2.24) is 5.32 Å². The SMILES string of the molecule is CNCC1(CN2CCCc3ccccc32)CC1. The van der Waals surface area contributed by atoms with Crippen LogP contribution < -0.4 is 10.2 Å². The van der Waals surface area contributed by atoms with Gasteiger partial charge in [0.25, 0.3) is 0 Å². The molecule has 1 saturated carbocycles. The van der Waals surface area contributed by atoms with E-state index in [2.05, 4.69) is 41.5 Å². The lowest BCUT2D eigenvalue weighted by molar-refractivity contribution is 0.465. The number of anilines is 1. The average molecular weight is 230 g/mol. The van der Waals surface area contributed by atoms with Gasteiger partial charge in [0.1, 0.15) is 0 Å². The molecule has 17 heavy (non-hydrogen) atoms. The Morgan fingerprint density at radius 1 is 1.29 bits per heavy atom. The van der Waals surface area contributed by atoms with Crippen molar-refractivity contribution in [2.45, 2.75) is 25.7 Å². The summed E-state index contributed by atoms with van der Waals surface area (Å²) >= 11 is 0. The number of rotatable bonds is 4. The van der Waals surface area contributed by atoms with E-state index in [9.17, 15) is 0 Å². The number of benzene rings is 1. The lowest BCUT2D eigenvalue weighted by atomic mass is 9.99. The Hall–Kier alpha value is -1.02. The second-order valence-corrected chi connectivity index (χ2v) is 5.68. The minimum atomic E-state index is 0.569. The van der Waals surface area contributed by atoms with Crippen LogP contribution in [0.5, 0.6) is 0 Å². The van der Waals surface area contributed by atoms with E-state index >= 15 is 0 Å². The molecule has 0 amide bonds. The van der Waals surface area contributed by atoms with Crippen LogP contribution in [0.3, 0.4) is 0 Å². The van der Waals surface area contributed by atoms with Crippen LogP contribution in [-0.2, 0) is 6.42 Å². The van der Waals surface area contributed by atoms with E-state index in [-0.39, 0.29) is 0 Å². The smallest absolute Gasteiger partial charge is 0.0398 e. The summed E-state index contributed by atoms with van der Waals surface area (Å²) in [7, 11) is 2.07. The molecule has 0 bridgehead atoms. The van der Waals surface area contributed by atoms with Gasteiger partial charge < -0.3 is 10.2 Å².